The van der Waals surface area contributed by atoms with E-state index in [-0.39, 0.29) is 5.76 Å². The van der Waals surface area contributed by atoms with Crippen LogP contribution in [-0.2, 0) is 6.54 Å². The molecule has 0 amide bonds. The van der Waals surface area contributed by atoms with Gasteiger partial charge < -0.3 is 9.15 Å². The summed E-state index contributed by atoms with van der Waals surface area (Å²) in [5.41, 5.74) is 3.55. The summed E-state index contributed by atoms with van der Waals surface area (Å²) < 4.78 is 12.1. The van der Waals surface area contributed by atoms with Crippen molar-refractivity contribution in [1.82, 2.24) is 4.57 Å². The van der Waals surface area contributed by atoms with Crippen LogP contribution in [0.25, 0.3) is 11.1 Å². The van der Waals surface area contributed by atoms with Gasteiger partial charge in [0, 0.05) is 6.07 Å². The Morgan fingerprint density at radius 3 is 2.80 bits per heavy atom. The van der Waals surface area contributed by atoms with Gasteiger partial charge in [0.15, 0.2) is 5.58 Å². The maximum atomic E-state index is 12.0. The smallest absolute Gasteiger partial charge is 0.420 e. The van der Waals surface area contributed by atoms with E-state index >= 15 is 0 Å². The molecule has 2 aromatic carbocycles. The molecule has 0 saturated heterocycles. The van der Waals surface area contributed by atoms with Crippen LogP contribution in [0.15, 0.2) is 51.7 Å². The molecule has 0 bridgehead atoms. The average molecular weight is 269 g/mol. The number of hydrogen-bond acceptors (Lipinski definition) is 3. The fourth-order valence-electron chi connectivity index (χ4n) is 2.31. The molecule has 3 rings (SSSR count). The number of aryl methyl sites for hydroxylation is 1. The highest BCUT2D eigenvalue weighted by molar-refractivity contribution is 5.74. The number of benzene rings is 2. The fourth-order valence-corrected chi connectivity index (χ4v) is 2.31. The Bertz CT molecular complexity index is 814. The quantitative estimate of drug-likeness (QED) is 0.734. The van der Waals surface area contributed by atoms with Gasteiger partial charge in [0.1, 0.15) is 5.75 Å². The molecule has 1 heterocycles. The molecule has 0 aliphatic heterocycles. The van der Waals surface area contributed by atoms with Crippen LogP contribution in [0.5, 0.6) is 5.75 Å². The lowest BCUT2D eigenvalue weighted by atomic mass is 10.1. The van der Waals surface area contributed by atoms with E-state index < -0.39 is 0 Å². The number of ether oxygens (including phenoxy) is 1. The van der Waals surface area contributed by atoms with E-state index in [1.165, 1.54) is 5.56 Å². The van der Waals surface area contributed by atoms with Crippen molar-refractivity contribution in [3.63, 3.8) is 0 Å². The van der Waals surface area contributed by atoms with Crippen molar-refractivity contribution in [2.75, 3.05) is 7.11 Å². The van der Waals surface area contributed by atoms with E-state index in [1.54, 1.807) is 23.8 Å². The van der Waals surface area contributed by atoms with Crippen LogP contribution in [-0.4, -0.2) is 11.7 Å². The summed E-state index contributed by atoms with van der Waals surface area (Å²) >= 11 is 0. The second-order valence-corrected chi connectivity index (χ2v) is 4.78. The van der Waals surface area contributed by atoms with Gasteiger partial charge in [0.05, 0.1) is 19.2 Å². The summed E-state index contributed by atoms with van der Waals surface area (Å²) in [5.74, 6) is 0.353. The zero-order chi connectivity index (χ0) is 14.1. The largest absolute Gasteiger partial charge is 0.497 e. The Morgan fingerprint density at radius 2 is 2.05 bits per heavy atom. The third kappa shape index (κ3) is 2.20. The van der Waals surface area contributed by atoms with Crippen LogP contribution >= 0.6 is 0 Å². The molecule has 4 nitrogen and oxygen atoms in total. The first kappa shape index (κ1) is 12.5. The van der Waals surface area contributed by atoms with E-state index in [1.807, 2.05) is 31.2 Å². The predicted molar refractivity (Wildman–Crippen MR) is 77.3 cm³/mol. The molecule has 1 aromatic heterocycles. The summed E-state index contributed by atoms with van der Waals surface area (Å²) in [4.78, 5) is 12.0. The number of fused-ring (bicyclic) bond motifs is 1. The second-order valence-electron chi connectivity index (χ2n) is 4.78. The maximum absolute atomic E-state index is 12.0. The van der Waals surface area contributed by atoms with Gasteiger partial charge in [0.25, 0.3) is 0 Å². The SMILES string of the molecule is COc1ccc2oc(=O)n(Cc3cccc(C)c3)c2c1. The van der Waals surface area contributed by atoms with Gasteiger partial charge in [0.2, 0.25) is 0 Å². The van der Waals surface area contributed by atoms with Crippen molar-refractivity contribution in [1.29, 1.82) is 0 Å². The number of methoxy groups -OCH3 is 1. The van der Waals surface area contributed by atoms with Crippen LogP contribution in [0.2, 0.25) is 0 Å². The lowest BCUT2D eigenvalue weighted by molar-refractivity contribution is 0.415. The molecule has 3 aromatic rings. The summed E-state index contributed by atoms with van der Waals surface area (Å²) in [5, 5.41) is 0. The highest BCUT2D eigenvalue weighted by Gasteiger charge is 2.10. The zero-order valence-corrected chi connectivity index (χ0v) is 11.4. The number of oxazole rings is 1. The van der Waals surface area contributed by atoms with Crippen molar-refractivity contribution in [2.24, 2.45) is 0 Å². The zero-order valence-electron chi connectivity index (χ0n) is 11.4. The minimum Gasteiger partial charge on any atom is -0.497 e. The first-order chi connectivity index (χ1) is 9.67. The molecular weight excluding hydrogens is 254 g/mol. The molecule has 0 unspecified atom stereocenters. The normalized spacial score (nSPS) is 10.9. The van der Waals surface area contributed by atoms with E-state index in [9.17, 15) is 4.79 Å². The van der Waals surface area contributed by atoms with E-state index in [2.05, 4.69) is 6.07 Å². The number of aromatic nitrogens is 1. The van der Waals surface area contributed by atoms with Crippen molar-refractivity contribution in [3.05, 3.63) is 64.1 Å². The monoisotopic (exact) mass is 269 g/mol. The molecule has 0 atom stereocenters. The molecular formula is C16H15NO3. The standard InChI is InChI=1S/C16H15NO3/c1-11-4-3-5-12(8-11)10-17-14-9-13(19-2)6-7-15(14)20-16(17)18/h3-9H,10H2,1-2H3. The molecule has 20 heavy (non-hydrogen) atoms. The van der Waals surface area contributed by atoms with Gasteiger partial charge >= 0.3 is 5.76 Å². The molecule has 0 aliphatic rings. The van der Waals surface area contributed by atoms with Gasteiger partial charge in [-0.2, -0.15) is 0 Å². The van der Waals surface area contributed by atoms with Crippen molar-refractivity contribution < 1.29 is 9.15 Å². The fraction of sp³-hybridized carbons (Fsp3) is 0.188. The van der Waals surface area contributed by atoms with Gasteiger partial charge in [-0.3, -0.25) is 4.57 Å². The molecule has 0 N–H and O–H groups in total. The Balaban J connectivity index is 2.10. The van der Waals surface area contributed by atoms with E-state index in [4.69, 9.17) is 9.15 Å². The van der Waals surface area contributed by atoms with Gasteiger partial charge in [-0.05, 0) is 24.6 Å². The topological polar surface area (TPSA) is 44.4 Å². The van der Waals surface area contributed by atoms with E-state index in [0.717, 1.165) is 11.1 Å². The minimum absolute atomic E-state index is 0.352. The Hall–Kier alpha value is -2.49. The Morgan fingerprint density at radius 1 is 1.20 bits per heavy atom. The van der Waals surface area contributed by atoms with Crippen LogP contribution in [0.3, 0.4) is 0 Å². The molecule has 102 valence electrons. The first-order valence-electron chi connectivity index (χ1n) is 6.40. The Kier molecular flexibility index (Phi) is 3.06. The molecule has 0 fully saturated rings. The number of rotatable bonds is 3. The summed E-state index contributed by atoms with van der Waals surface area (Å²) in [6.07, 6.45) is 0. The summed E-state index contributed by atoms with van der Waals surface area (Å²) in [6, 6.07) is 13.4. The highest BCUT2D eigenvalue weighted by atomic mass is 16.5. The molecule has 0 saturated carbocycles. The average Bonchev–Trinajstić information content (AvgIpc) is 2.74. The molecule has 0 radical (unpaired) electrons. The minimum atomic E-state index is -0.352. The van der Waals surface area contributed by atoms with Gasteiger partial charge in [-0.25, -0.2) is 4.79 Å². The van der Waals surface area contributed by atoms with Crippen molar-refractivity contribution in [3.8, 4) is 5.75 Å². The summed E-state index contributed by atoms with van der Waals surface area (Å²) in [7, 11) is 1.60. The van der Waals surface area contributed by atoms with Crippen LogP contribution < -0.4 is 10.5 Å². The number of hydrogen-bond donors (Lipinski definition) is 0. The third-order valence-electron chi connectivity index (χ3n) is 3.30. The third-order valence-corrected chi connectivity index (χ3v) is 3.30. The van der Waals surface area contributed by atoms with Crippen LogP contribution in [0.4, 0.5) is 0 Å². The first-order valence-corrected chi connectivity index (χ1v) is 6.40. The molecule has 0 spiro atoms. The molecule has 0 aliphatic carbocycles. The van der Waals surface area contributed by atoms with Crippen molar-refractivity contribution >= 4 is 11.1 Å². The number of nitrogens with zero attached hydrogens (tertiary/aromatic N) is 1. The lowest BCUT2D eigenvalue weighted by Gasteiger charge is -2.05. The maximum Gasteiger partial charge on any atom is 0.420 e. The predicted octanol–water partition coefficient (Wildman–Crippen LogP) is 2.96. The molecule has 4 heteroatoms. The summed E-state index contributed by atoms with van der Waals surface area (Å²) in [6.45, 7) is 2.52. The van der Waals surface area contributed by atoms with Crippen molar-refractivity contribution in [2.45, 2.75) is 13.5 Å². The second kappa shape index (κ2) is 4.89. The highest BCUT2D eigenvalue weighted by Crippen LogP contribution is 2.20. The van der Waals surface area contributed by atoms with Gasteiger partial charge in [-0.15, -0.1) is 0 Å². The van der Waals surface area contributed by atoms with Crippen LogP contribution in [0, 0.1) is 6.92 Å². The van der Waals surface area contributed by atoms with E-state index in [0.29, 0.717) is 17.9 Å². The van der Waals surface area contributed by atoms with Gasteiger partial charge in [-0.1, -0.05) is 29.8 Å². The Labute approximate surface area is 116 Å². The van der Waals surface area contributed by atoms with Crippen LogP contribution in [0.1, 0.15) is 11.1 Å². The lowest BCUT2D eigenvalue weighted by Crippen LogP contribution is -2.14.